The van der Waals surface area contributed by atoms with E-state index in [0.29, 0.717) is 10.7 Å². The predicted molar refractivity (Wildman–Crippen MR) is 106 cm³/mol. The normalized spacial score (nSPS) is 11.8. The molecule has 25 heavy (non-hydrogen) atoms. The maximum atomic E-state index is 12.9. The number of amides is 1. The Morgan fingerprint density at radius 2 is 1.60 bits per heavy atom. The van der Waals surface area contributed by atoms with Crippen LogP contribution in [-0.4, -0.2) is 5.91 Å². The van der Waals surface area contributed by atoms with Crippen LogP contribution >= 0.6 is 23.4 Å². The van der Waals surface area contributed by atoms with Gasteiger partial charge in [0.1, 0.15) is 5.25 Å². The van der Waals surface area contributed by atoms with Gasteiger partial charge in [0.25, 0.3) is 0 Å². The lowest BCUT2D eigenvalue weighted by molar-refractivity contribution is -0.115. The van der Waals surface area contributed by atoms with E-state index >= 15 is 0 Å². The van der Waals surface area contributed by atoms with Crippen molar-refractivity contribution in [2.24, 2.45) is 0 Å². The quantitative estimate of drug-likeness (QED) is 0.550. The summed E-state index contributed by atoms with van der Waals surface area (Å²) in [6.07, 6.45) is 0. The van der Waals surface area contributed by atoms with Crippen molar-refractivity contribution in [1.29, 1.82) is 0 Å². The standard InChI is InChI=1S/C21H18ClNOS/c1-15-12-13-17(14-19(15)22)23-21(24)20(16-8-4-2-5-9-16)25-18-10-6-3-7-11-18/h2-14,20H,1H3,(H,23,24)/t20-/m1/s1. The molecule has 1 amide bonds. The van der Waals surface area contributed by atoms with Gasteiger partial charge in [-0.25, -0.2) is 0 Å². The van der Waals surface area contributed by atoms with E-state index in [-0.39, 0.29) is 11.2 Å². The first-order valence-corrected chi connectivity index (χ1v) is 9.23. The van der Waals surface area contributed by atoms with Gasteiger partial charge in [-0.05, 0) is 42.3 Å². The molecule has 0 aromatic heterocycles. The van der Waals surface area contributed by atoms with Crippen LogP contribution in [0.1, 0.15) is 16.4 Å². The SMILES string of the molecule is Cc1ccc(NC(=O)[C@H](Sc2ccccc2)c2ccccc2)cc1Cl. The lowest BCUT2D eigenvalue weighted by Gasteiger charge is -2.17. The van der Waals surface area contributed by atoms with E-state index in [1.165, 1.54) is 11.8 Å². The highest BCUT2D eigenvalue weighted by molar-refractivity contribution is 8.00. The second kappa shape index (κ2) is 8.24. The van der Waals surface area contributed by atoms with E-state index in [0.717, 1.165) is 16.0 Å². The van der Waals surface area contributed by atoms with E-state index in [4.69, 9.17) is 11.6 Å². The van der Waals surface area contributed by atoms with E-state index in [1.807, 2.05) is 79.7 Å². The van der Waals surface area contributed by atoms with Crippen LogP contribution < -0.4 is 5.32 Å². The third-order valence-corrected chi connectivity index (χ3v) is 5.45. The Kier molecular flexibility index (Phi) is 5.79. The predicted octanol–water partition coefficient (Wildman–Crippen LogP) is 6.12. The fourth-order valence-electron chi connectivity index (χ4n) is 2.41. The second-order valence-corrected chi connectivity index (χ2v) is 7.26. The molecule has 0 fully saturated rings. The number of thioether (sulfide) groups is 1. The number of benzene rings is 3. The molecule has 0 bridgehead atoms. The maximum Gasteiger partial charge on any atom is 0.242 e. The number of aryl methyl sites for hydroxylation is 1. The topological polar surface area (TPSA) is 29.1 Å². The molecule has 3 aromatic carbocycles. The van der Waals surface area contributed by atoms with Gasteiger partial charge in [-0.3, -0.25) is 4.79 Å². The molecule has 3 aromatic rings. The Hall–Kier alpha value is -2.23. The number of carbonyl (C=O) groups is 1. The lowest BCUT2D eigenvalue weighted by Crippen LogP contribution is -2.19. The van der Waals surface area contributed by atoms with Crippen molar-refractivity contribution < 1.29 is 4.79 Å². The summed E-state index contributed by atoms with van der Waals surface area (Å²) in [6, 6.07) is 25.3. The molecule has 4 heteroatoms. The van der Waals surface area contributed by atoms with Crippen LogP contribution in [-0.2, 0) is 4.79 Å². The molecule has 0 unspecified atom stereocenters. The summed E-state index contributed by atoms with van der Waals surface area (Å²) in [5, 5.41) is 3.28. The summed E-state index contributed by atoms with van der Waals surface area (Å²) in [5.41, 5.74) is 2.65. The van der Waals surface area contributed by atoms with Gasteiger partial charge in [0.15, 0.2) is 0 Å². The summed E-state index contributed by atoms with van der Waals surface area (Å²) in [6.45, 7) is 1.94. The number of rotatable bonds is 5. The number of halogens is 1. The summed E-state index contributed by atoms with van der Waals surface area (Å²) in [4.78, 5) is 14.0. The molecule has 0 heterocycles. The molecular weight excluding hydrogens is 350 g/mol. The van der Waals surface area contributed by atoms with Gasteiger partial charge in [-0.15, -0.1) is 11.8 Å². The van der Waals surface area contributed by atoms with Gasteiger partial charge in [0.2, 0.25) is 5.91 Å². The first-order chi connectivity index (χ1) is 12.1. The maximum absolute atomic E-state index is 12.9. The number of nitrogens with one attached hydrogen (secondary N) is 1. The summed E-state index contributed by atoms with van der Waals surface area (Å²) in [7, 11) is 0. The number of hydrogen-bond acceptors (Lipinski definition) is 2. The first-order valence-electron chi connectivity index (χ1n) is 7.97. The molecule has 126 valence electrons. The zero-order valence-electron chi connectivity index (χ0n) is 13.8. The Labute approximate surface area is 157 Å². The lowest BCUT2D eigenvalue weighted by atomic mass is 10.1. The molecule has 0 spiro atoms. The van der Waals surface area contributed by atoms with Crippen LogP contribution in [0, 0.1) is 6.92 Å². The molecular formula is C21H18ClNOS. The fourth-order valence-corrected chi connectivity index (χ4v) is 3.64. The molecule has 1 atom stereocenters. The third-order valence-electron chi connectivity index (χ3n) is 3.78. The van der Waals surface area contributed by atoms with Gasteiger partial charge in [-0.2, -0.15) is 0 Å². The zero-order chi connectivity index (χ0) is 17.6. The molecule has 3 rings (SSSR count). The van der Waals surface area contributed by atoms with Crippen LogP contribution in [0.15, 0.2) is 83.8 Å². The summed E-state index contributed by atoms with van der Waals surface area (Å²) < 4.78 is 0. The van der Waals surface area contributed by atoms with Gasteiger partial charge in [0.05, 0.1) is 0 Å². The van der Waals surface area contributed by atoms with Crippen molar-refractivity contribution in [1.82, 2.24) is 0 Å². The van der Waals surface area contributed by atoms with E-state index in [1.54, 1.807) is 6.07 Å². The molecule has 0 aliphatic rings. The number of anilines is 1. The Bertz CT molecular complexity index is 852. The van der Waals surface area contributed by atoms with Crippen molar-refractivity contribution in [3.05, 3.63) is 95.0 Å². The van der Waals surface area contributed by atoms with Crippen LogP contribution in [0.25, 0.3) is 0 Å². The highest BCUT2D eigenvalue weighted by Crippen LogP contribution is 2.36. The van der Waals surface area contributed by atoms with Crippen molar-refractivity contribution in [3.8, 4) is 0 Å². The Morgan fingerprint density at radius 1 is 0.960 bits per heavy atom. The monoisotopic (exact) mass is 367 g/mol. The Morgan fingerprint density at radius 3 is 2.24 bits per heavy atom. The average Bonchev–Trinajstić information content (AvgIpc) is 2.64. The number of hydrogen-bond donors (Lipinski definition) is 1. The fraction of sp³-hybridized carbons (Fsp3) is 0.0952. The smallest absolute Gasteiger partial charge is 0.242 e. The highest BCUT2D eigenvalue weighted by atomic mass is 35.5. The zero-order valence-corrected chi connectivity index (χ0v) is 15.3. The van der Waals surface area contributed by atoms with Gasteiger partial charge >= 0.3 is 0 Å². The molecule has 1 N–H and O–H groups in total. The molecule has 2 nitrogen and oxygen atoms in total. The average molecular weight is 368 g/mol. The van der Waals surface area contributed by atoms with E-state index in [2.05, 4.69) is 5.32 Å². The number of carbonyl (C=O) groups excluding carboxylic acids is 1. The van der Waals surface area contributed by atoms with E-state index < -0.39 is 0 Å². The van der Waals surface area contributed by atoms with Crippen LogP contribution in [0.3, 0.4) is 0 Å². The van der Waals surface area contributed by atoms with Gasteiger partial charge < -0.3 is 5.32 Å². The van der Waals surface area contributed by atoms with Crippen molar-refractivity contribution in [2.75, 3.05) is 5.32 Å². The van der Waals surface area contributed by atoms with Crippen LogP contribution in [0.4, 0.5) is 5.69 Å². The van der Waals surface area contributed by atoms with Crippen molar-refractivity contribution in [2.45, 2.75) is 17.1 Å². The summed E-state index contributed by atoms with van der Waals surface area (Å²) in [5.74, 6) is -0.0695. The third kappa shape index (κ3) is 4.65. The van der Waals surface area contributed by atoms with Gasteiger partial charge in [0, 0.05) is 15.6 Å². The molecule has 0 saturated carbocycles. The molecule has 0 aliphatic heterocycles. The van der Waals surface area contributed by atoms with E-state index in [9.17, 15) is 4.79 Å². The highest BCUT2D eigenvalue weighted by Gasteiger charge is 2.22. The Balaban J connectivity index is 1.85. The van der Waals surface area contributed by atoms with Crippen LogP contribution in [0.2, 0.25) is 5.02 Å². The van der Waals surface area contributed by atoms with Crippen molar-refractivity contribution in [3.63, 3.8) is 0 Å². The molecule has 0 radical (unpaired) electrons. The minimum atomic E-state index is -0.344. The molecule has 0 aliphatic carbocycles. The first kappa shape index (κ1) is 17.6. The largest absolute Gasteiger partial charge is 0.325 e. The summed E-state index contributed by atoms with van der Waals surface area (Å²) >= 11 is 7.70. The van der Waals surface area contributed by atoms with Crippen LogP contribution in [0.5, 0.6) is 0 Å². The minimum absolute atomic E-state index is 0.0695. The minimum Gasteiger partial charge on any atom is -0.325 e. The molecule has 0 saturated heterocycles. The van der Waals surface area contributed by atoms with Crippen molar-refractivity contribution >= 4 is 35.0 Å². The van der Waals surface area contributed by atoms with Gasteiger partial charge in [-0.1, -0.05) is 66.2 Å². The second-order valence-electron chi connectivity index (χ2n) is 5.67.